The molecule has 2 fully saturated rings. The third-order valence-electron chi connectivity index (χ3n) is 12.5. The van der Waals surface area contributed by atoms with E-state index in [1.54, 1.807) is 6.08 Å². The van der Waals surface area contributed by atoms with Gasteiger partial charge in [-0.25, -0.2) is 0 Å². The predicted octanol–water partition coefficient (Wildman–Crippen LogP) is 7.93. The number of unbranched alkanes of at least 4 members (excludes halogenated alkanes) is 13. The third kappa shape index (κ3) is 28.8. The number of amides is 1. The van der Waals surface area contributed by atoms with Crippen LogP contribution in [0.4, 0.5) is 0 Å². The molecule has 0 spiro atoms. The van der Waals surface area contributed by atoms with Crippen LogP contribution in [0.5, 0.6) is 0 Å². The molecule has 0 aliphatic carbocycles. The lowest BCUT2D eigenvalue weighted by atomic mass is 9.97. The first kappa shape index (κ1) is 64.0. The lowest BCUT2D eigenvalue weighted by Gasteiger charge is -2.46. The largest absolute Gasteiger partial charge is 0.394 e. The van der Waals surface area contributed by atoms with Crippen molar-refractivity contribution in [2.45, 2.75) is 235 Å². The average Bonchev–Trinajstić information content (AvgIpc) is 3.37. The van der Waals surface area contributed by atoms with E-state index >= 15 is 0 Å². The summed E-state index contributed by atoms with van der Waals surface area (Å²) in [5, 5.41) is 86.1. The second-order valence-electron chi connectivity index (χ2n) is 18.6. The Kier molecular flexibility index (Phi) is 38.1. The molecule has 0 aromatic heterocycles. The van der Waals surface area contributed by atoms with Gasteiger partial charge in [0.25, 0.3) is 0 Å². The number of aliphatic hydroxyl groups excluding tert-OH is 8. The van der Waals surface area contributed by atoms with Gasteiger partial charge in [-0.05, 0) is 70.6 Å². The number of carbonyl (C=O) groups excluding carboxylic acids is 1. The summed E-state index contributed by atoms with van der Waals surface area (Å²) in [4.78, 5) is 13.1. The standard InChI is InChI=1S/C57H95NO13/c1-3-5-7-9-10-11-12-13-14-15-16-17-18-19-20-21-22-23-24-25-26-27-28-29-30-31-32-33-34-35-36-37-39-41-49(62)58-45(46(61)40-38-8-6-4-2)44-68-56-54(67)52(65)55(48(43-60)70-56)71-57-53(66)51(64)50(63)47(42-59)69-57/h5,7,10-11,13-14,16-17,19-20,22-23,25-26,38,40,45-48,50-57,59-61,63-67H,3-4,6,8-9,12,15,18,21,24,27-37,39,41-44H2,1-2H3,(H,58,62)/b7-5-,11-10-,14-13-,17-16-,20-19-,23-22-,26-25-,40-38+. The summed E-state index contributed by atoms with van der Waals surface area (Å²) < 4.78 is 22.5. The van der Waals surface area contributed by atoms with Crippen LogP contribution < -0.4 is 5.32 Å². The molecule has 14 heteroatoms. The average molecular weight is 1000 g/mol. The second-order valence-corrected chi connectivity index (χ2v) is 18.6. The fraction of sp³-hybridized carbons (Fsp3) is 0.702. The van der Waals surface area contributed by atoms with E-state index in [1.165, 1.54) is 44.9 Å². The van der Waals surface area contributed by atoms with Crippen molar-refractivity contribution in [3.05, 3.63) is 97.2 Å². The van der Waals surface area contributed by atoms with E-state index in [0.29, 0.717) is 6.42 Å². The van der Waals surface area contributed by atoms with Gasteiger partial charge < -0.3 is 65.1 Å². The molecule has 0 aromatic rings. The Balaban J connectivity index is 1.57. The summed E-state index contributed by atoms with van der Waals surface area (Å²) in [7, 11) is 0. The van der Waals surface area contributed by atoms with Crippen LogP contribution in [0.2, 0.25) is 0 Å². The van der Waals surface area contributed by atoms with E-state index < -0.39 is 86.8 Å². The van der Waals surface area contributed by atoms with Crippen molar-refractivity contribution in [3.8, 4) is 0 Å². The molecule has 406 valence electrons. The van der Waals surface area contributed by atoms with E-state index in [1.807, 2.05) is 6.08 Å². The molecule has 1 amide bonds. The van der Waals surface area contributed by atoms with Crippen LogP contribution in [0, 0.1) is 0 Å². The third-order valence-corrected chi connectivity index (χ3v) is 12.5. The Labute approximate surface area is 426 Å². The van der Waals surface area contributed by atoms with E-state index in [4.69, 9.17) is 18.9 Å². The van der Waals surface area contributed by atoms with Crippen LogP contribution in [0.3, 0.4) is 0 Å². The van der Waals surface area contributed by atoms with E-state index in [9.17, 15) is 45.6 Å². The van der Waals surface area contributed by atoms with Gasteiger partial charge in [0, 0.05) is 6.42 Å². The van der Waals surface area contributed by atoms with Gasteiger partial charge in [-0.1, -0.05) is 182 Å². The van der Waals surface area contributed by atoms with Crippen molar-refractivity contribution in [1.29, 1.82) is 0 Å². The number of hydrogen-bond acceptors (Lipinski definition) is 13. The minimum absolute atomic E-state index is 0.258. The van der Waals surface area contributed by atoms with Crippen LogP contribution in [0.15, 0.2) is 97.2 Å². The lowest BCUT2D eigenvalue weighted by molar-refractivity contribution is -0.359. The number of carbonyl (C=O) groups is 1. The zero-order valence-corrected chi connectivity index (χ0v) is 43.2. The van der Waals surface area contributed by atoms with Crippen molar-refractivity contribution in [1.82, 2.24) is 5.32 Å². The Bertz CT molecular complexity index is 1560. The van der Waals surface area contributed by atoms with Crippen LogP contribution in [0.25, 0.3) is 0 Å². The van der Waals surface area contributed by atoms with Crippen LogP contribution in [-0.4, -0.2) is 140 Å². The number of allylic oxidation sites excluding steroid dienone is 15. The Morgan fingerprint density at radius 2 is 0.972 bits per heavy atom. The van der Waals surface area contributed by atoms with Crippen molar-refractivity contribution in [2.24, 2.45) is 0 Å². The number of aliphatic hydroxyl groups is 8. The molecule has 14 nitrogen and oxygen atoms in total. The number of ether oxygens (including phenoxy) is 4. The quantitative estimate of drug-likeness (QED) is 0.0210. The first-order chi connectivity index (χ1) is 34.6. The van der Waals surface area contributed by atoms with Crippen LogP contribution in [-0.2, 0) is 23.7 Å². The molecular formula is C57H95NO13. The molecule has 9 N–H and O–H groups in total. The maximum Gasteiger partial charge on any atom is 0.220 e. The normalized spacial score (nSPS) is 26.6. The van der Waals surface area contributed by atoms with E-state index in [2.05, 4.69) is 104 Å². The molecule has 2 rings (SSSR count). The molecule has 0 bridgehead atoms. The zero-order chi connectivity index (χ0) is 51.7. The van der Waals surface area contributed by atoms with Crippen LogP contribution in [0.1, 0.15) is 162 Å². The predicted molar refractivity (Wildman–Crippen MR) is 281 cm³/mol. The molecule has 2 aliphatic heterocycles. The highest BCUT2D eigenvalue weighted by Crippen LogP contribution is 2.30. The van der Waals surface area contributed by atoms with Gasteiger partial charge in [0.05, 0.1) is 32.0 Å². The molecule has 2 aliphatic rings. The highest BCUT2D eigenvalue weighted by atomic mass is 16.7. The fourth-order valence-electron chi connectivity index (χ4n) is 8.14. The van der Waals surface area contributed by atoms with Gasteiger partial charge >= 0.3 is 0 Å². The maximum absolute atomic E-state index is 13.1. The number of hydrogen-bond donors (Lipinski definition) is 9. The fourth-order valence-corrected chi connectivity index (χ4v) is 8.14. The smallest absolute Gasteiger partial charge is 0.220 e. The summed E-state index contributed by atoms with van der Waals surface area (Å²) >= 11 is 0. The molecule has 0 radical (unpaired) electrons. The topological polar surface area (TPSA) is 228 Å². The SMILES string of the molecule is CC/C=C\C/C=C\C/C=C\C/C=C\C/C=C\C/C=C\C/C=C\CCCCCCCCCCCCCC(=O)NC(COC1OC(CO)C(OC2OC(CO)C(O)C(O)C2O)C(O)C1O)C(O)/C=C/CCCC. The van der Waals surface area contributed by atoms with Crippen molar-refractivity contribution in [3.63, 3.8) is 0 Å². The summed E-state index contributed by atoms with van der Waals surface area (Å²) in [6.07, 6.45) is 41.2. The maximum atomic E-state index is 13.1. The number of nitrogens with one attached hydrogen (secondary N) is 1. The summed E-state index contributed by atoms with van der Waals surface area (Å²) in [5.41, 5.74) is 0. The molecular weight excluding hydrogens is 907 g/mol. The molecule has 12 unspecified atom stereocenters. The van der Waals surface area contributed by atoms with Gasteiger partial charge in [-0.3, -0.25) is 4.79 Å². The zero-order valence-electron chi connectivity index (χ0n) is 43.2. The molecule has 2 heterocycles. The van der Waals surface area contributed by atoms with Crippen molar-refractivity contribution < 1.29 is 64.6 Å². The van der Waals surface area contributed by atoms with Gasteiger partial charge in [0.1, 0.15) is 48.8 Å². The minimum Gasteiger partial charge on any atom is -0.394 e. The minimum atomic E-state index is -1.79. The molecule has 0 aromatic carbocycles. The summed E-state index contributed by atoms with van der Waals surface area (Å²) in [6.45, 7) is 2.48. The van der Waals surface area contributed by atoms with Gasteiger partial charge in [0.15, 0.2) is 12.6 Å². The Morgan fingerprint density at radius 3 is 1.48 bits per heavy atom. The summed E-state index contributed by atoms with van der Waals surface area (Å²) in [6, 6.07) is -0.917. The van der Waals surface area contributed by atoms with Crippen molar-refractivity contribution in [2.75, 3.05) is 19.8 Å². The first-order valence-electron chi connectivity index (χ1n) is 27.0. The van der Waals surface area contributed by atoms with Gasteiger partial charge in [-0.2, -0.15) is 0 Å². The Hall–Kier alpha value is -3.09. The number of rotatable bonds is 40. The molecule has 2 saturated heterocycles. The molecule has 0 saturated carbocycles. The highest BCUT2D eigenvalue weighted by Gasteiger charge is 2.51. The first-order valence-corrected chi connectivity index (χ1v) is 27.0. The molecule has 12 atom stereocenters. The van der Waals surface area contributed by atoms with Crippen LogP contribution >= 0.6 is 0 Å². The lowest BCUT2D eigenvalue weighted by Crippen LogP contribution is -2.65. The highest BCUT2D eigenvalue weighted by molar-refractivity contribution is 5.76. The van der Waals surface area contributed by atoms with E-state index in [0.717, 1.165) is 89.9 Å². The van der Waals surface area contributed by atoms with Gasteiger partial charge in [-0.15, -0.1) is 0 Å². The van der Waals surface area contributed by atoms with Crippen molar-refractivity contribution >= 4 is 5.91 Å². The van der Waals surface area contributed by atoms with Gasteiger partial charge in [0.2, 0.25) is 5.91 Å². The monoisotopic (exact) mass is 1000 g/mol. The second kappa shape index (κ2) is 42.3. The van der Waals surface area contributed by atoms with E-state index in [-0.39, 0.29) is 18.9 Å². The molecule has 71 heavy (non-hydrogen) atoms. The summed E-state index contributed by atoms with van der Waals surface area (Å²) in [5.74, 6) is -0.258. The Morgan fingerprint density at radius 1 is 0.521 bits per heavy atom.